The lowest BCUT2D eigenvalue weighted by Gasteiger charge is -2.08. The third kappa shape index (κ3) is 2.18. The van der Waals surface area contributed by atoms with E-state index in [2.05, 4.69) is 13.5 Å². The number of rotatable bonds is 3. The summed E-state index contributed by atoms with van der Waals surface area (Å²) in [6.45, 7) is 8.03. The summed E-state index contributed by atoms with van der Waals surface area (Å²) in [5, 5.41) is 0. The molecule has 0 fully saturated rings. The van der Waals surface area contributed by atoms with Crippen molar-refractivity contribution in [3.05, 3.63) is 41.7 Å². The molecule has 0 aliphatic heterocycles. The van der Waals surface area contributed by atoms with E-state index in [1.54, 1.807) is 6.07 Å². The first-order valence-corrected chi connectivity index (χ1v) is 4.65. The Bertz CT molecular complexity index is 313. The quantitative estimate of drug-likeness (QED) is 0.660. The fraction of sp³-hybridized carbons (Fsp3) is 0.333. The molecule has 70 valence electrons. The summed E-state index contributed by atoms with van der Waals surface area (Å²) in [6, 6.07) is 4.92. The van der Waals surface area contributed by atoms with Gasteiger partial charge in [0, 0.05) is 0 Å². The van der Waals surface area contributed by atoms with Gasteiger partial charge in [0.05, 0.1) is 0 Å². The molecule has 1 aromatic rings. The standard InChI is InChI=1S/C12H15F/c1-4-9(3)12-8-11(13)7-6-10(12)5-2/h6-8H,3-5H2,1-2H3. The molecule has 0 aromatic heterocycles. The van der Waals surface area contributed by atoms with E-state index in [1.165, 1.54) is 11.6 Å². The van der Waals surface area contributed by atoms with Gasteiger partial charge in [0.1, 0.15) is 5.82 Å². The molecule has 13 heavy (non-hydrogen) atoms. The SMILES string of the molecule is C=C(CC)c1cc(F)ccc1CC. The van der Waals surface area contributed by atoms with Crippen LogP contribution in [0, 0.1) is 5.82 Å². The van der Waals surface area contributed by atoms with Gasteiger partial charge in [-0.2, -0.15) is 0 Å². The molecular weight excluding hydrogens is 163 g/mol. The van der Waals surface area contributed by atoms with E-state index in [0.29, 0.717) is 0 Å². The van der Waals surface area contributed by atoms with Crippen molar-refractivity contribution in [1.29, 1.82) is 0 Å². The normalized spacial score (nSPS) is 10.1. The smallest absolute Gasteiger partial charge is 0.123 e. The molecule has 0 nitrogen and oxygen atoms in total. The highest BCUT2D eigenvalue weighted by Gasteiger charge is 2.04. The van der Waals surface area contributed by atoms with Gasteiger partial charge in [-0.1, -0.05) is 26.5 Å². The third-order valence-corrected chi connectivity index (χ3v) is 2.26. The Balaban J connectivity index is 3.15. The Hall–Kier alpha value is -1.11. The van der Waals surface area contributed by atoms with E-state index in [0.717, 1.165) is 24.0 Å². The summed E-state index contributed by atoms with van der Waals surface area (Å²) in [7, 11) is 0. The fourth-order valence-electron chi connectivity index (χ4n) is 1.38. The fourth-order valence-corrected chi connectivity index (χ4v) is 1.38. The first kappa shape index (κ1) is 9.97. The van der Waals surface area contributed by atoms with Crippen LogP contribution in [0.1, 0.15) is 31.4 Å². The minimum absolute atomic E-state index is 0.179. The van der Waals surface area contributed by atoms with E-state index in [-0.39, 0.29) is 5.82 Å². The van der Waals surface area contributed by atoms with Gasteiger partial charge in [0.15, 0.2) is 0 Å². The van der Waals surface area contributed by atoms with Gasteiger partial charge < -0.3 is 0 Å². The van der Waals surface area contributed by atoms with Crippen LogP contribution >= 0.6 is 0 Å². The Morgan fingerprint density at radius 2 is 2.08 bits per heavy atom. The highest BCUT2D eigenvalue weighted by atomic mass is 19.1. The van der Waals surface area contributed by atoms with Crippen LogP contribution in [-0.2, 0) is 6.42 Å². The number of allylic oxidation sites excluding steroid dienone is 1. The van der Waals surface area contributed by atoms with Gasteiger partial charge >= 0.3 is 0 Å². The number of halogens is 1. The number of benzene rings is 1. The van der Waals surface area contributed by atoms with Crippen LogP contribution in [0.5, 0.6) is 0 Å². The average Bonchev–Trinajstić information content (AvgIpc) is 2.16. The molecule has 0 saturated carbocycles. The Kier molecular flexibility index (Phi) is 3.24. The van der Waals surface area contributed by atoms with Gasteiger partial charge in [-0.05, 0) is 41.7 Å². The van der Waals surface area contributed by atoms with Crippen LogP contribution < -0.4 is 0 Å². The first-order chi connectivity index (χ1) is 6.19. The van der Waals surface area contributed by atoms with Crippen LogP contribution in [0.25, 0.3) is 5.57 Å². The van der Waals surface area contributed by atoms with Gasteiger partial charge in [-0.25, -0.2) is 4.39 Å². The molecule has 1 heteroatoms. The highest BCUT2D eigenvalue weighted by Crippen LogP contribution is 2.21. The monoisotopic (exact) mass is 178 g/mol. The van der Waals surface area contributed by atoms with E-state index in [4.69, 9.17) is 0 Å². The van der Waals surface area contributed by atoms with Crippen molar-refractivity contribution in [1.82, 2.24) is 0 Å². The molecule has 0 bridgehead atoms. The highest BCUT2D eigenvalue weighted by molar-refractivity contribution is 5.66. The molecular formula is C12H15F. The second kappa shape index (κ2) is 4.22. The Morgan fingerprint density at radius 1 is 1.38 bits per heavy atom. The molecule has 0 spiro atoms. The van der Waals surface area contributed by atoms with E-state index in [9.17, 15) is 4.39 Å². The van der Waals surface area contributed by atoms with Crippen LogP contribution in [0.15, 0.2) is 24.8 Å². The summed E-state index contributed by atoms with van der Waals surface area (Å²) >= 11 is 0. The summed E-state index contributed by atoms with van der Waals surface area (Å²) in [5.41, 5.74) is 3.16. The molecule has 0 aliphatic rings. The van der Waals surface area contributed by atoms with E-state index < -0.39 is 0 Å². The molecule has 1 rings (SSSR count). The van der Waals surface area contributed by atoms with E-state index in [1.807, 2.05) is 13.0 Å². The van der Waals surface area contributed by atoms with Gasteiger partial charge in [-0.15, -0.1) is 0 Å². The van der Waals surface area contributed by atoms with Crippen molar-refractivity contribution in [2.24, 2.45) is 0 Å². The largest absolute Gasteiger partial charge is 0.207 e. The topological polar surface area (TPSA) is 0 Å². The molecule has 0 N–H and O–H groups in total. The van der Waals surface area contributed by atoms with Crippen molar-refractivity contribution in [3.63, 3.8) is 0 Å². The number of hydrogen-bond acceptors (Lipinski definition) is 0. The minimum Gasteiger partial charge on any atom is -0.207 e. The zero-order chi connectivity index (χ0) is 9.84. The van der Waals surface area contributed by atoms with Crippen molar-refractivity contribution in [3.8, 4) is 0 Å². The van der Waals surface area contributed by atoms with Gasteiger partial charge in [-0.3, -0.25) is 0 Å². The summed E-state index contributed by atoms with van der Waals surface area (Å²) in [5.74, 6) is -0.179. The van der Waals surface area contributed by atoms with Crippen molar-refractivity contribution >= 4 is 5.57 Å². The molecule has 0 saturated heterocycles. The summed E-state index contributed by atoms with van der Waals surface area (Å²) in [6.07, 6.45) is 1.80. The Morgan fingerprint density at radius 3 is 2.62 bits per heavy atom. The predicted octanol–water partition coefficient (Wildman–Crippen LogP) is 3.81. The zero-order valence-corrected chi connectivity index (χ0v) is 8.23. The minimum atomic E-state index is -0.179. The molecule has 0 atom stereocenters. The number of aryl methyl sites for hydroxylation is 1. The lowest BCUT2D eigenvalue weighted by Crippen LogP contribution is -1.92. The van der Waals surface area contributed by atoms with E-state index >= 15 is 0 Å². The lowest BCUT2D eigenvalue weighted by molar-refractivity contribution is 0.626. The average molecular weight is 178 g/mol. The van der Waals surface area contributed by atoms with Crippen LogP contribution in [0.3, 0.4) is 0 Å². The maximum Gasteiger partial charge on any atom is 0.123 e. The zero-order valence-electron chi connectivity index (χ0n) is 8.23. The molecule has 0 aliphatic carbocycles. The second-order valence-electron chi connectivity index (χ2n) is 3.11. The molecule has 0 unspecified atom stereocenters. The molecule has 0 amide bonds. The van der Waals surface area contributed by atoms with Crippen molar-refractivity contribution in [2.45, 2.75) is 26.7 Å². The first-order valence-electron chi connectivity index (χ1n) is 4.65. The van der Waals surface area contributed by atoms with Gasteiger partial charge in [0.2, 0.25) is 0 Å². The van der Waals surface area contributed by atoms with Crippen molar-refractivity contribution in [2.75, 3.05) is 0 Å². The van der Waals surface area contributed by atoms with Crippen molar-refractivity contribution < 1.29 is 4.39 Å². The maximum atomic E-state index is 12.9. The number of hydrogen-bond donors (Lipinski definition) is 0. The summed E-state index contributed by atoms with van der Waals surface area (Å²) in [4.78, 5) is 0. The van der Waals surface area contributed by atoms with Gasteiger partial charge in [0.25, 0.3) is 0 Å². The Labute approximate surface area is 79.1 Å². The lowest BCUT2D eigenvalue weighted by atomic mass is 9.97. The van der Waals surface area contributed by atoms with Crippen LogP contribution in [0.4, 0.5) is 4.39 Å². The summed E-state index contributed by atoms with van der Waals surface area (Å²) < 4.78 is 12.9. The molecule has 1 aromatic carbocycles. The molecule has 0 radical (unpaired) electrons. The molecule has 0 heterocycles. The van der Waals surface area contributed by atoms with Crippen LogP contribution in [-0.4, -0.2) is 0 Å². The predicted molar refractivity (Wildman–Crippen MR) is 55.1 cm³/mol. The van der Waals surface area contributed by atoms with Crippen LogP contribution in [0.2, 0.25) is 0 Å². The maximum absolute atomic E-state index is 12.9. The second-order valence-corrected chi connectivity index (χ2v) is 3.11. The third-order valence-electron chi connectivity index (χ3n) is 2.26.